The number of oxime groups is 1. The zero-order valence-corrected chi connectivity index (χ0v) is 12.6. The van der Waals surface area contributed by atoms with Gasteiger partial charge < -0.3 is 16.3 Å². The molecule has 0 amide bonds. The van der Waals surface area contributed by atoms with Crippen LogP contribution < -0.4 is 11.1 Å². The number of hydrogen-bond acceptors (Lipinski definition) is 5. The van der Waals surface area contributed by atoms with E-state index in [9.17, 15) is 0 Å². The van der Waals surface area contributed by atoms with Crippen molar-refractivity contribution in [2.75, 3.05) is 11.9 Å². The molecule has 0 radical (unpaired) electrons. The van der Waals surface area contributed by atoms with Crippen molar-refractivity contribution in [3.63, 3.8) is 0 Å². The highest BCUT2D eigenvalue weighted by molar-refractivity contribution is 7.16. The Morgan fingerprint density at radius 3 is 3.05 bits per heavy atom. The Balaban J connectivity index is 1.84. The number of benzene rings is 1. The van der Waals surface area contributed by atoms with Gasteiger partial charge >= 0.3 is 0 Å². The Hall–Kier alpha value is -1.82. The van der Waals surface area contributed by atoms with Crippen LogP contribution in [0.4, 0.5) is 5.69 Å². The van der Waals surface area contributed by atoms with Crippen LogP contribution in [0.15, 0.2) is 28.9 Å². The molecule has 0 fully saturated rings. The number of nitrogens with zero attached hydrogens (tertiary/aromatic N) is 2. The molecule has 2 aromatic rings. The average molecular weight is 292 g/mol. The molecule has 1 heterocycles. The summed E-state index contributed by atoms with van der Waals surface area (Å²) in [6, 6.07) is 6.17. The number of anilines is 1. The lowest BCUT2D eigenvalue weighted by molar-refractivity contribution is 0.305. The van der Waals surface area contributed by atoms with Gasteiger partial charge in [0.15, 0.2) is 0 Å². The smallest absolute Gasteiger partial charge is 0.144 e. The van der Waals surface area contributed by atoms with Crippen LogP contribution in [0.3, 0.4) is 0 Å². The maximum Gasteiger partial charge on any atom is 0.144 e. The van der Waals surface area contributed by atoms with E-state index in [1.165, 1.54) is 4.70 Å². The largest absolute Gasteiger partial charge is 0.409 e. The van der Waals surface area contributed by atoms with E-state index < -0.39 is 0 Å². The first-order valence-corrected chi connectivity index (χ1v) is 7.46. The fraction of sp³-hybridized carbons (Fsp3) is 0.429. The van der Waals surface area contributed by atoms with E-state index in [4.69, 9.17) is 10.9 Å². The Bertz CT molecular complexity index is 606. The van der Waals surface area contributed by atoms with Gasteiger partial charge in [-0.05, 0) is 31.0 Å². The molecule has 0 spiro atoms. The van der Waals surface area contributed by atoms with Gasteiger partial charge in [-0.3, -0.25) is 0 Å². The summed E-state index contributed by atoms with van der Waals surface area (Å²) < 4.78 is 1.19. The molecule has 1 aromatic carbocycles. The van der Waals surface area contributed by atoms with Crippen molar-refractivity contribution in [3.05, 3.63) is 23.7 Å². The van der Waals surface area contributed by atoms with E-state index in [1.54, 1.807) is 11.3 Å². The van der Waals surface area contributed by atoms with Gasteiger partial charge in [-0.2, -0.15) is 0 Å². The van der Waals surface area contributed by atoms with Crippen LogP contribution in [-0.4, -0.2) is 22.6 Å². The second-order valence-electron chi connectivity index (χ2n) is 5.43. The van der Waals surface area contributed by atoms with Crippen LogP contribution in [0.25, 0.3) is 10.2 Å². The van der Waals surface area contributed by atoms with Gasteiger partial charge in [0, 0.05) is 17.6 Å². The second-order valence-corrected chi connectivity index (χ2v) is 6.32. The predicted octanol–water partition coefficient (Wildman–Crippen LogP) is 3.26. The molecule has 0 unspecified atom stereocenters. The number of thiazole rings is 1. The summed E-state index contributed by atoms with van der Waals surface area (Å²) in [5.74, 6) is 0.281. The van der Waals surface area contributed by atoms with Gasteiger partial charge in [0.1, 0.15) is 5.84 Å². The molecule has 0 saturated heterocycles. The highest BCUT2D eigenvalue weighted by Gasteiger charge is 2.22. The fourth-order valence-corrected chi connectivity index (χ4v) is 2.71. The molecule has 20 heavy (non-hydrogen) atoms. The van der Waals surface area contributed by atoms with Crippen molar-refractivity contribution in [1.29, 1.82) is 0 Å². The van der Waals surface area contributed by atoms with Crippen LogP contribution in [0.2, 0.25) is 0 Å². The minimum Gasteiger partial charge on any atom is -0.409 e. The molecule has 6 heteroatoms. The molecule has 0 bridgehead atoms. The Kier molecular flexibility index (Phi) is 4.44. The zero-order valence-electron chi connectivity index (χ0n) is 11.8. The van der Waals surface area contributed by atoms with Crippen molar-refractivity contribution < 1.29 is 5.21 Å². The monoisotopic (exact) mass is 292 g/mol. The third kappa shape index (κ3) is 3.39. The van der Waals surface area contributed by atoms with Crippen LogP contribution in [0, 0.1) is 5.41 Å². The number of rotatable bonds is 6. The number of fused-ring (bicyclic) bond motifs is 1. The fourth-order valence-electron chi connectivity index (χ4n) is 1.99. The molecule has 5 nitrogen and oxygen atoms in total. The van der Waals surface area contributed by atoms with E-state index in [-0.39, 0.29) is 11.3 Å². The van der Waals surface area contributed by atoms with Crippen molar-refractivity contribution in [1.82, 2.24) is 4.98 Å². The van der Waals surface area contributed by atoms with Crippen LogP contribution in [0.1, 0.15) is 26.7 Å². The van der Waals surface area contributed by atoms with E-state index in [0.717, 1.165) is 30.6 Å². The Morgan fingerprint density at radius 2 is 2.30 bits per heavy atom. The van der Waals surface area contributed by atoms with Gasteiger partial charge in [0.05, 0.1) is 15.7 Å². The molecular formula is C14H20N4OS. The summed E-state index contributed by atoms with van der Waals surface area (Å²) in [6.07, 6.45) is 1.81. The van der Waals surface area contributed by atoms with E-state index >= 15 is 0 Å². The molecule has 0 aliphatic rings. The summed E-state index contributed by atoms with van der Waals surface area (Å²) in [6.45, 7) is 4.81. The molecular weight excluding hydrogens is 272 g/mol. The van der Waals surface area contributed by atoms with Crippen molar-refractivity contribution in [3.8, 4) is 0 Å². The predicted molar refractivity (Wildman–Crippen MR) is 84.5 cm³/mol. The molecule has 0 atom stereocenters. The lowest BCUT2D eigenvalue weighted by Gasteiger charge is -2.22. The first kappa shape index (κ1) is 14.6. The first-order valence-electron chi connectivity index (χ1n) is 6.58. The topological polar surface area (TPSA) is 83.5 Å². The highest BCUT2D eigenvalue weighted by Crippen LogP contribution is 2.24. The highest BCUT2D eigenvalue weighted by atomic mass is 32.1. The maximum absolute atomic E-state index is 8.73. The molecule has 2 rings (SSSR count). The van der Waals surface area contributed by atoms with Crippen LogP contribution in [-0.2, 0) is 0 Å². The lowest BCUT2D eigenvalue weighted by Crippen LogP contribution is -2.32. The van der Waals surface area contributed by atoms with E-state index in [0.29, 0.717) is 0 Å². The van der Waals surface area contributed by atoms with Crippen LogP contribution in [0.5, 0.6) is 0 Å². The van der Waals surface area contributed by atoms with Crippen molar-refractivity contribution >= 4 is 33.1 Å². The van der Waals surface area contributed by atoms with E-state index in [2.05, 4.69) is 21.5 Å². The molecule has 0 aliphatic heterocycles. The molecule has 108 valence electrons. The Labute approximate surface area is 122 Å². The standard InChI is InChI=1S/C14H20N4OS/c1-14(2,13(15)18-19)6-3-7-16-10-4-5-11-12(8-10)20-9-17-11/h4-5,8-9,16,19H,3,6-7H2,1-2H3,(H2,15,18). The maximum atomic E-state index is 8.73. The minimum atomic E-state index is -0.280. The van der Waals surface area contributed by atoms with Crippen molar-refractivity contribution in [2.45, 2.75) is 26.7 Å². The summed E-state index contributed by atoms with van der Waals surface area (Å²) in [4.78, 5) is 4.26. The number of nitrogens with one attached hydrogen (secondary N) is 1. The van der Waals surface area contributed by atoms with Gasteiger partial charge in [-0.25, -0.2) is 4.98 Å². The third-order valence-corrected chi connectivity index (χ3v) is 4.23. The zero-order chi connectivity index (χ0) is 14.6. The second kappa shape index (κ2) is 6.09. The Morgan fingerprint density at radius 1 is 1.50 bits per heavy atom. The molecule has 0 aliphatic carbocycles. The quantitative estimate of drug-likeness (QED) is 0.251. The summed E-state index contributed by atoms with van der Waals surface area (Å²) >= 11 is 1.64. The third-order valence-electron chi connectivity index (χ3n) is 3.44. The number of nitrogens with two attached hydrogens (primary N) is 1. The van der Waals surface area contributed by atoms with Gasteiger partial charge in [0.2, 0.25) is 0 Å². The van der Waals surface area contributed by atoms with Gasteiger partial charge in [-0.15, -0.1) is 11.3 Å². The van der Waals surface area contributed by atoms with Crippen LogP contribution >= 0.6 is 11.3 Å². The normalized spacial score (nSPS) is 12.8. The SMILES string of the molecule is CC(C)(CCCNc1ccc2ncsc2c1)/C(N)=N/O. The summed E-state index contributed by atoms with van der Waals surface area (Å²) in [5, 5.41) is 15.2. The molecule has 0 saturated carbocycles. The summed E-state index contributed by atoms with van der Waals surface area (Å²) in [7, 11) is 0. The first-order chi connectivity index (χ1) is 9.53. The molecule has 4 N–H and O–H groups in total. The lowest BCUT2D eigenvalue weighted by atomic mass is 9.86. The van der Waals surface area contributed by atoms with E-state index in [1.807, 2.05) is 31.5 Å². The number of aromatic nitrogens is 1. The van der Waals surface area contributed by atoms with Gasteiger partial charge in [-0.1, -0.05) is 19.0 Å². The average Bonchev–Trinajstić information content (AvgIpc) is 2.90. The van der Waals surface area contributed by atoms with Gasteiger partial charge in [0.25, 0.3) is 0 Å². The molecule has 1 aromatic heterocycles. The number of amidine groups is 1. The summed E-state index contributed by atoms with van der Waals surface area (Å²) in [5.41, 5.74) is 9.38. The number of hydrogen-bond donors (Lipinski definition) is 3. The van der Waals surface area contributed by atoms with Crippen molar-refractivity contribution in [2.24, 2.45) is 16.3 Å². The minimum absolute atomic E-state index is 0.280.